The van der Waals surface area contributed by atoms with Crippen molar-refractivity contribution < 1.29 is 9.15 Å². The second-order valence-corrected chi connectivity index (χ2v) is 5.40. The molecule has 0 saturated carbocycles. The Kier molecular flexibility index (Phi) is 5.25. The molecule has 2 rings (SSSR count). The van der Waals surface area contributed by atoms with Crippen LogP contribution in [0.25, 0.3) is 0 Å². The molecule has 1 aromatic heterocycles. The number of furan rings is 1. The van der Waals surface area contributed by atoms with Gasteiger partial charge in [-0.15, -0.1) is 0 Å². The fourth-order valence-electron chi connectivity index (χ4n) is 1.77. The zero-order valence-electron chi connectivity index (χ0n) is 9.48. The molecule has 1 fully saturated rings. The molecular weight excluding hydrogens is 222 g/mol. The lowest BCUT2D eigenvalue weighted by Gasteiger charge is -2.21. The molecule has 4 heteroatoms. The molecule has 3 nitrogen and oxygen atoms in total. The predicted molar refractivity (Wildman–Crippen MR) is 66.7 cm³/mol. The number of nitrogens with one attached hydrogen (secondary N) is 1. The zero-order chi connectivity index (χ0) is 11.1. The Hall–Kier alpha value is -0.450. The Labute approximate surface area is 101 Å². The van der Waals surface area contributed by atoms with Crippen LogP contribution in [0.1, 0.15) is 18.4 Å². The highest BCUT2D eigenvalue weighted by Gasteiger charge is 2.13. The van der Waals surface area contributed by atoms with Gasteiger partial charge in [-0.05, 0) is 18.9 Å². The monoisotopic (exact) mass is 241 g/mol. The second-order valence-electron chi connectivity index (χ2n) is 3.99. The molecule has 16 heavy (non-hydrogen) atoms. The van der Waals surface area contributed by atoms with Crippen LogP contribution >= 0.6 is 11.8 Å². The van der Waals surface area contributed by atoms with Gasteiger partial charge in [-0.25, -0.2) is 0 Å². The van der Waals surface area contributed by atoms with E-state index in [0.29, 0.717) is 0 Å². The van der Waals surface area contributed by atoms with Gasteiger partial charge in [0.25, 0.3) is 0 Å². The lowest BCUT2D eigenvalue weighted by molar-refractivity contribution is 0.100. The lowest BCUT2D eigenvalue weighted by atomic mass is 10.2. The van der Waals surface area contributed by atoms with Crippen LogP contribution < -0.4 is 5.32 Å². The van der Waals surface area contributed by atoms with Crippen molar-refractivity contribution in [2.75, 3.05) is 25.5 Å². The van der Waals surface area contributed by atoms with Gasteiger partial charge < -0.3 is 14.5 Å². The summed E-state index contributed by atoms with van der Waals surface area (Å²) in [6, 6.07) is 2.00. The van der Waals surface area contributed by atoms with Crippen molar-refractivity contribution in [1.82, 2.24) is 5.32 Å². The third-order valence-electron chi connectivity index (χ3n) is 2.71. The van der Waals surface area contributed by atoms with Crippen molar-refractivity contribution in [3.05, 3.63) is 24.2 Å². The third kappa shape index (κ3) is 4.20. The molecule has 0 spiro atoms. The maximum Gasteiger partial charge on any atom is 0.0947 e. The number of hydrogen-bond acceptors (Lipinski definition) is 4. The van der Waals surface area contributed by atoms with Crippen molar-refractivity contribution in [3.8, 4) is 0 Å². The van der Waals surface area contributed by atoms with Crippen LogP contribution in [-0.2, 0) is 11.3 Å². The van der Waals surface area contributed by atoms with E-state index < -0.39 is 0 Å². The first-order valence-corrected chi connectivity index (χ1v) is 6.91. The summed E-state index contributed by atoms with van der Waals surface area (Å²) >= 11 is 2.07. The van der Waals surface area contributed by atoms with Crippen LogP contribution in [0.3, 0.4) is 0 Å². The molecule has 0 amide bonds. The van der Waals surface area contributed by atoms with Crippen molar-refractivity contribution in [2.45, 2.75) is 24.6 Å². The average Bonchev–Trinajstić information content (AvgIpc) is 2.83. The SMILES string of the molecule is c1cc(CNCCSC2CCOCC2)co1. The van der Waals surface area contributed by atoms with Gasteiger partial charge in [0.15, 0.2) is 0 Å². The highest BCUT2D eigenvalue weighted by molar-refractivity contribution is 7.99. The summed E-state index contributed by atoms with van der Waals surface area (Å²) in [7, 11) is 0. The summed E-state index contributed by atoms with van der Waals surface area (Å²) in [6.45, 7) is 3.86. The molecule has 1 N–H and O–H groups in total. The van der Waals surface area contributed by atoms with Crippen LogP contribution in [0.4, 0.5) is 0 Å². The molecule has 2 heterocycles. The van der Waals surface area contributed by atoms with Crippen LogP contribution in [0.15, 0.2) is 23.0 Å². The first-order valence-electron chi connectivity index (χ1n) is 5.86. The minimum atomic E-state index is 0.810. The van der Waals surface area contributed by atoms with Crippen molar-refractivity contribution in [1.29, 1.82) is 0 Å². The summed E-state index contributed by atoms with van der Waals surface area (Å²) in [6.07, 6.45) is 5.94. The molecule has 0 bridgehead atoms. The van der Waals surface area contributed by atoms with Crippen LogP contribution in [0.5, 0.6) is 0 Å². The minimum Gasteiger partial charge on any atom is -0.472 e. The van der Waals surface area contributed by atoms with E-state index in [9.17, 15) is 0 Å². The van der Waals surface area contributed by atoms with E-state index in [4.69, 9.17) is 9.15 Å². The van der Waals surface area contributed by atoms with Gasteiger partial charge in [0.2, 0.25) is 0 Å². The standard InChI is InChI=1S/C12H19NO2S/c1-5-15-10-11(1)9-13-4-8-16-12-2-6-14-7-3-12/h1,5,10,12-13H,2-4,6-9H2. The van der Waals surface area contributed by atoms with Crippen molar-refractivity contribution >= 4 is 11.8 Å². The minimum absolute atomic E-state index is 0.810. The molecule has 1 aliphatic rings. The third-order valence-corrected chi connectivity index (χ3v) is 4.09. The zero-order valence-corrected chi connectivity index (χ0v) is 10.3. The second kappa shape index (κ2) is 6.99. The van der Waals surface area contributed by atoms with Gasteiger partial charge in [-0.2, -0.15) is 11.8 Å². The van der Waals surface area contributed by atoms with Crippen molar-refractivity contribution in [2.24, 2.45) is 0 Å². The number of thioether (sulfide) groups is 1. The Bertz CT molecular complexity index is 271. The Morgan fingerprint density at radius 2 is 2.25 bits per heavy atom. The summed E-state index contributed by atoms with van der Waals surface area (Å²) in [4.78, 5) is 0. The fraction of sp³-hybridized carbons (Fsp3) is 0.667. The quantitative estimate of drug-likeness (QED) is 0.775. The lowest BCUT2D eigenvalue weighted by Crippen LogP contribution is -2.21. The average molecular weight is 241 g/mol. The van der Waals surface area contributed by atoms with Crippen LogP contribution in [0.2, 0.25) is 0 Å². The summed E-state index contributed by atoms with van der Waals surface area (Å²) < 4.78 is 10.3. The summed E-state index contributed by atoms with van der Waals surface area (Å²) in [5, 5.41) is 4.22. The molecule has 1 aliphatic heterocycles. The molecule has 1 aromatic rings. The Balaban J connectivity index is 1.48. The predicted octanol–water partition coefficient (Wildman–Crippen LogP) is 2.28. The first kappa shape index (κ1) is 12.0. The largest absolute Gasteiger partial charge is 0.472 e. The molecular formula is C12H19NO2S. The summed E-state index contributed by atoms with van der Waals surface area (Å²) in [5.41, 5.74) is 1.22. The van der Waals surface area contributed by atoms with Gasteiger partial charge in [0.05, 0.1) is 12.5 Å². The van der Waals surface area contributed by atoms with E-state index >= 15 is 0 Å². The van der Waals surface area contributed by atoms with Gasteiger partial charge in [0, 0.05) is 42.9 Å². The van der Waals surface area contributed by atoms with Crippen molar-refractivity contribution in [3.63, 3.8) is 0 Å². The summed E-state index contributed by atoms with van der Waals surface area (Å²) in [5.74, 6) is 1.18. The Morgan fingerprint density at radius 1 is 1.38 bits per heavy atom. The van der Waals surface area contributed by atoms with Crippen LogP contribution in [0, 0.1) is 0 Å². The van der Waals surface area contributed by atoms with E-state index in [1.165, 1.54) is 24.2 Å². The first-order chi connectivity index (χ1) is 7.95. The van der Waals surface area contributed by atoms with Gasteiger partial charge in [-0.1, -0.05) is 0 Å². The maximum absolute atomic E-state index is 5.34. The number of ether oxygens (including phenoxy) is 1. The fourth-order valence-corrected chi connectivity index (χ4v) is 2.89. The van der Waals surface area contributed by atoms with E-state index in [-0.39, 0.29) is 0 Å². The molecule has 0 aromatic carbocycles. The molecule has 1 saturated heterocycles. The number of hydrogen-bond donors (Lipinski definition) is 1. The van der Waals surface area contributed by atoms with E-state index in [2.05, 4.69) is 17.1 Å². The molecule has 90 valence electrons. The number of rotatable bonds is 6. The Morgan fingerprint density at radius 3 is 3.00 bits per heavy atom. The molecule has 0 atom stereocenters. The normalized spacial score (nSPS) is 17.8. The van der Waals surface area contributed by atoms with Crippen LogP contribution in [-0.4, -0.2) is 30.8 Å². The molecule has 0 unspecified atom stereocenters. The highest BCUT2D eigenvalue weighted by Crippen LogP contribution is 2.21. The topological polar surface area (TPSA) is 34.4 Å². The van der Waals surface area contributed by atoms with E-state index in [1.54, 1.807) is 12.5 Å². The van der Waals surface area contributed by atoms with E-state index in [0.717, 1.165) is 31.6 Å². The van der Waals surface area contributed by atoms with Gasteiger partial charge in [0.1, 0.15) is 0 Å². The molecule has 0 radical (unpaired) electrons. The van der Waals surface area contributed by atoms with Gasteiger partial charge >= 0.3 is 0 Å². The van der Waals surface area contributed by atoms with E-state index in [1.807, 2.05) is 6.07 Å². The maximum atomic E-state index is 5.34. The molecule has 0 aliphatic carbocycles. The highest BCUT2D eigenvalue weighted by atomic mass is 32.2. The smallest absolute Gasteiger partial charge is 0.0947 e. The van der Waals surface area contributed by atoms with Gasteiger partial charge in [-0.3, -0.25) is 0 Å².